The molecule has 2 aromatic carbocycles. The molecule has 2 heteroatoms. The Morgan fingerprint density at radius 2 is 1.57 bits per heavy atom. The molecule has 70 valence electrons. The molecule has 0 aliphatic carbocycles. The van der Waals surface area contributed by atoms with E-state index in [0.717, 1.165) is 10.9 Å². The lowest BCUT2D eigenvalue weighted by Gasteiger charge is -2.00. The molecule has 0 aromatic heterocycles. The summed E-state index contributed by atoms with van der Waals surface area (Å²) in [5, 5.41) is 11.2. The molecule has 1 N–H and O–H groups in total. The minimum absolute atomic E-state index is 0.0556. The molecule has 0 atom stereocenters. The molecule has 0 bridgehead atoms. The van der Waals surface area contributed by atoms with Crippen LogP contribution in [-0.2, 0) is 0 Å². The lowest BCUT2D eigenvalue weighted by molar-refractivity contribution is 0.481. The number of hydrogen-bond donors (Lipinski definition) is 1. The summed E-state index contributed by atoms with van der Waals surface area (Å²) in [6.45, 7) is 1.95. The fourth-order valence-electron chi connectivity index (χ4n) is 1.52. The number of aryl methyl sites for hydroxylation is 1. The lowest BCUT2D eigenvalue weighted by Crippen LogP contribution is -1.87. The summed E-state index contributed by atoms with van der Waals surface area (Å²) in [6, 6.07) is 9.84. The van der Waals surface area contributed by atoms with Gasteiger partial charge in [0.15, 0.2) is 5.43 Å². The van der Waals surface area contributed by atoms with Crippen LogP contribution in [-0.4, -0.2) is 5.11 Å². The fourth-order valence-corrected chi connectivity index (χ4v) is 1.52. The molecule has 0 unspecified atom stereocenters. The molecule has 0 aliphatic heterocycles. The monoisotopic (exact) mass is 186 g/mol. The van der Waals surface area contributed by atoms with Crippen LogP contribution in [0, 0.1) is 6.92 Å². The van der Waals surface area contributed by atoms with Gasteiger partial charge in [0.1, 0.15) is 5.75 Å². The largest absolute Gasteiger partial charge is 0.507 e. The molecule has 2 nitrogen and oxygen atoms in total. The third-order valence-electron chi connectivity index (χ3n) is 2.31. The van der Waals surface area contributed by atoms with Crippen LogP contribution in [0.2, 0.25) is 0 Å². The summed E-state index contributed by atoms with van der Waals surface area (Å²) in [5.74, 6) is 0.209. The molecule has 14 heavy (non-hydrogen) atoms. The first-order valence-corrected chi connectivity index (χ1v) is 4.41. The third kappa shape index (κ3) is 1.35. The summed E-state index contributed by atoms with van der Waals surface area (Å²) in [5.41, 5.74) is 0.994. The predicted molar refractivity (Wildman–Crippen MR) is 56.6 cm³/mol. The standard InChI is InChI=1S/C12H10O2/c1-8-2-7-12(14)11-6-4-9(13)3-5-10(8)11/h2-7,14H,1H3. The van der Waals surface area contributed by atoms with E-state index in [2.05, 4.69) is 0 Å². The van der Waals surface area contributed by atoms with Gasteiger partial charge in [0.2, 0.25) is 0 Å². The highest BCUT2D eigenvalue weighted by Crippen LogP contribution is 2.25. The van der Waals surface area contributed by atoms with Crippen LogP contribution in [0.3, 0.4) is 0 Å². The lowest BCUT2D eigenvalue weighted by atomic mass is 10.1. The van der Waals surface area contributed by atoms with Gasteiger partial charge >= 0.3 is 0 Å². The number of benzene rings is 1. The Morgan fingerprint density at radius 1 is 0.929 bits per heavy atom. The van der Waals surface area contributed by atoms with Crippen LogP contribution in [0.15, 0.2) is 41.2 Å². The number of phenolic OH excluding ortho intramolecular Hbond substituents is 1. The second-order valence-electron chi connectivity index (χ2n) is 3.30. The van der Waals surface area contributed by atoms with Crippen LogP contribution in [0.1, 0.15) is 5.56 Å². The van der Waals surface area contributed by atoms with Crippen molar-refractivity contribution in [2.24, 2.45) is 0 Å². The zero-order valence-corrected chi connectivity index (χ0v) is 7.82. The molecule has 0 heterocycles. The first-order valence-electron chi connectivity index (χ1n) is 4.41. The summed E-state index contributed by atoms with van der Waals surface area (Å²) >= 11 is 0. The Labute approximate surface area is 81.4 Å². The molecule has 0 radical (unpaired) electrons. The van der Waals surface area contributed by atoms with E-state index in [9.17, 15) is 9.90 Å². The van der Waals surface area contributed by atoms with Crippen molar-refractivity contribution in [2.75, 3.05) is 0 Å². The van der Waals surface area contributed by atoms with Crippen LogP contribution in [0.4, 0.5) is 0 Å². The van der Waals surface area contributed by atoms with Crippen LogP contribution in [0.5, 0.6) is 5.75 Å². The highest BCUT2D eigenvalue weighted by Gasteiger charge is 1.99. The maximum atomic E-state index is 11.1. The summed E-state index contributed by atoms with van der Waals surface area (Å²) in [6.07, 6.45) is 0. The smallest absolute Gasteiger partial charge is 0.178 e. The topological polar surface area (TPSA) is 37.3 Å². The number of hydrogen-bond acceptors (Lipinski definition) is 2. The Bertz CT molecular complexity index is 497. The van der Waals surface area contributed by atoms with Crippen molar-refractivity contribution < 1.29 is 5.11 Å². The molecule has 0 amide bonds. The van der Waals surface area contributed by atoms with Crippen LogP contribution < -0.4 is 5.43 Å². The van der Waals surface area contributed by atoms with Gasteiger partial charge in [-0.2, -0.15) is 0 Å². The third-order valence-corrected chi connectivity index (χ3v) is 2.31. The molecule has 2 rings (SSSR count). The molecule has 0 spiro atoms. The van der Waals surface area contributed by atoms with Crippen LogP contribution >= 0.6 is 0 Å². The number of aromatic hydroxyl groups is 1. The highest BCUT2D eigenvalue weighted by molar-refractivity contribution is 5.89. The average molecular weight is 186 g/mol. The van der Waals surface area contributed by atoms with E-state index >= 15 is 0 Å². The minimum atomic E-state index is -0.0556. The van der Waals surface area contributed by atoms with E-state index in [1.54, 1.807) is 18.2 Å². The summed E-state index contributed by atoms with van der Waals surface area (Å²) < 4.78 is 0. The van der Waals surface area contributed by atoms with Gasteiger partial charge in [-0.3, -0.25) is 4.79 Å². The van der Waals surface area contributed by atoms with Crippen molar-refractivity contribution in [1.29, 1.82) is 0 Å². The van der Waals surface area contributed by atoms with Crippen molar-refractivity contribution in [2.45, 2.75) is 6.92 Å². The first kappa shape index (κ1) is 8.75. The Hall–Kier alpha value is -1.83. The van der Waals surface area contributed by atoms with E-state index in [1.807, 2.05) is 13.0 Å². The molecule has 0 fully saturated rings. The van der Waals surface area contributed by atoms with Gasteiger partial charge in [-0.15, -0.1) is 0 Å². The number of fused-ring (bicyclic) bond motifs is 1. The Morgan fingerprint density at radius 3 is 2.29 bits per heavy atom. The molecular formula is C12H10O2. The van der Waals surface area contributed by atoms with Gasteiger partial charge in [-0.05, 0) is 42.1 Å². The van der Waals surface area contributed by atoms with Gasteiger partial charge in [0.25, 0.3) is 0 Å². The van der Waals surface area contributed by atoms with Crippen molar-refractivity contribution >= 4 is 10.8 Å². The minimum Gasteiger partial charge on any atom is -0.507 e. The number of rotatable bonds is 0. The normalized spacial score (nSPS) is 10.4. The van der Waals surface area contributed by atoms with Gasteiger partial charge in [-0.1, -0.05) is 12.1 Å². The fraction of sp³-hybridized carbons (Fsp3) is 0.0833. The van der Waals surface area contributed by atoms with E-state index < -0.39 is 0 Å². The van der Waals surface area contributed by atoms with E-state index in [0.29, 0.717) is 5.39 Å². The average Bonchev–Trinajstić information content (AvgIpc) is 2.35. The van der Waals surface area contributed by atoms with Gasteiger partial charge in [0.05, 0.1) is 0 Å². The zero-order chi connectivity index (χ0) is 10.1. The molecule has 0 saturated heterocycles. The summed E-state index contributed by atoms with van der Waals surface area (Å²) in [7, 11) is 0. The maximum absolute atomic E-state index is 11.1. The Balaban J connectivity index is 3.02. The predicted octanol–water partition coefficient (Wildman–Crippen LogP) is 2.21. The van der Waals surface area contributed by atoms with Crippen molar-refractivity contribution in [1.82, 2.24) is 0 Å². The molecule has 0 aliphatic rings. The van der Waals surface area contributed by atoms with E-state index in [-0.39, 0.29) is 11.2 Å². The van der Waals surface area contributed by atoms with E-state index in [4.69, 9.17) is 0 Å². The van der Waals surface area contributed by atoms with Crippen LogP contribution in [0.25, 0.3) is 10.8 Å². The summed E-state index contributed by atoms with van der Waals surface area (Å²) in [4.78, 5) is 11.1. The highest BCUT2D eigenvalue weighted by atomic mass is 16.3. The molecular weight excluding hydrogens is 176 g/mol. The Kier molecular flexibility index (Phi) is 1.97. The SMILES string of the molecule is Cc1ccc(O)c2ccc(=O)ccc12. The van der Waals surface area contributed by atoms with Gasteiger partial charge < -0.3 is 5.11 Å². The first-order chi connectivity index (χ1) is 6.68. The van der Waals surface area contributed by atoms with Gasteiger partial charge in [-0.25, -0.2) is 0 Å². The quantitative estimate of drug-likeness (QED) is 0.684. The number of phenols is 1. The molecule has 2 aromatic rings. The van der Waals surface area contributed by atoms with E-state index in [1.165, 1.54) is 12.1 Å². The van der Waals surface area contributed by atoms with Crippen molar-refractivity contribution in [3.05, 3.63) is 52.2 Å². The van der Waals surface area contributed by atoms with Gasteiger partial charge in [0, 0.05) is 5.39 Å². The van der Waals surface area contributed by atoms with Crippen molar-refractivity contribution in [3.8, 4) is 5.75 Å². The second kappa shape index (κ2) is 3.14. The second-order valence-corrected chi connectivity index (χ2v) is 3.30. The van der Waals surface area contributed by atoms with Crippen molar-refractivity contribution in [3.63, 3.8) is 0 Å². The molecule has 0 saturated carbocycles. The zero-order valence-electron chi connectivity index (χ0n) is 7.82. The maximum Gasteiger partial charge on any atom is 0.178 e.